The molecule has 2 aliphatic heterocycles. The lowest BCUT2D eigenvalue weighted by Crippen LogP contribution is -2.43. The summed E-state index contributed by atoms with van der Waals surface area (Å²) in [5.74, 6) is 0. The van der Waals surface area contributed by atoms with Gasteiger partial charge in [-0.1, -0.05) is 42.5 Å². The smallest absolute Gasteiger partial charge is 0.109 e. The Balaban J connectivity index is 1.67. The topological polar surface area (TPSA) is 32.5 Å². The summed E-state index contributed by atoms with van der Waals surface area (Å²) in [6.45, 7) is 2.03. The Morgan fingerprint density at radius 3 is 2.50 bits per heavy atom. The average Bonchev–Trinajstić information content (AvgIpc) is 3.12. The van der Waals surface area contributed by atoms with Crippen molar-refractivity contribution < 1.29 is 0 Å². The molecule has 3 nitrogen and oxygen atoms in total. The molecule has 2 aromatic rings. The van der Waals surface area contributed by atoms with Gasteiger partial charge in [0.1, 0.15) is 5.37 Å². The van der Waals surface area contributed by atoms with Crippen molar-refractivity contribution in [2.75, 3.05) is 22.9 Å². The third-order valence-corrected chi connectivity index (χ3v) is 5.76. The Kier molecular flexibility index (Phi) is 4.50. The quantitative estimate of drug-likeness (QED) is 0.903. The highest BCUT2D eigenvalue weighted by Crippen LogP contribution is 2.45. The van der Waals surface area contributed by atoms with Crippen molar-refractivity contribution >= 4 is 23.1 Å². The molecule has 0 spiro atoms. The van der Waals surface area contributed by atoms with E-state index in [2.05, 4.69) is 76.0 Å². The maximum absolute atomic E-state index is 6.21. The number of benzene rings is 2. The van der Waals surface area contributed by atoms with Gasteiger partial charge in [-0.05, 0) is 35.9 Å². The normalized spacial score (nSPS) is 23.7. The van der Waals surface area contributed by atoms with Crippen molar-refractivity contribution in [3.8, 4) is 0 Å². The van der Waals surface area contributed by atoms with Crippen molar-refractivity contribution in [1.29, 1.82) is 0 Å². The summed E-state index contributed by atoms with van der Waals surface area (Å²) in [5.41, 5.74) is 10.1. The van der Waals surface area contributed by atoms with E-state index in [9.17, 15) is 0 Å². The Morgan fingerprint density at radius 2 is 1.71 bits per heavy atom. The minimum absolute atomic E-state index is 0.278. The molecule has 1 fully saturated rings. The summed E-state index contributed by atoms with van der Waals surface area (Å²) in [5, 5.41) is 2.49. The van der Waals surface area contributed by atoms with Gasteiger partial charge in [-0.3, -0.25) is 0 Å². The van der Waals surface area contributed by atoms with Crippen LogP contribution in [0.15, 0.2) is 66.2 Å². The van der Waals surface area contributed by atoms with E-state index in [1.165, 1.54) is 23.4 Å². The molecule has 0 bridgehead atoms. The Bertz CT molecular complexity index is 716. The monoisotopic (exact) mass is 337 g/mol. The molecule has 124 valence electrons. The predicted molar refractivity (Wildman–Crippen MR) is 104 cm³/mol. The van der Waals surface area contributed by atoms with Crippen molar-refractivity contribution in [3.63, 3.8) is 0 Å². The average molecular weight is 337 g/mol. The van der Waals surface area contributed by atoms with E-state index in [-0.39, 0.29) is 6.04 Å². The molecule has 0 radical (unpaired) electrons. The summed E-state index contributed by atoms with van der Waals surface area (Å²) in [6, 6.07) is 19.7. The summed E-state index contributed by atoms with van der Waals surface area (Å²) in [6.07, 6.45) is 4.50. The van der Waals surface area contributed by atoms with E-state index in [1.807, 2.05) is 11.8 Å². The highest BCUT2D eigenvalue weighted by Gasteiger charge is 2.27. The second-order valence-electron chi connectivity index (χ2n) is 6.43. The number of nitrogens with zero attached hydrogens (tertiary/aromatic N) is 2. The first-order valence-corrected chi connectivity index (χ1v) is 9.52. The lowest BCUT2D eigenvalue weighted by Gasteiger charge is -2.36. The van der Waals surface area contributed by atoms with E-state index in [4.69, 9.17) is 5.73 Å². The largest absolute Gasteiger partial charge is 0.368 e. The molecule has 24 heavy (non-hydrogen) atoms. The van der Waals surface area contributed by atoms with E-state index in [0.717, 1.165) is 19.5 Å². The molecule has 4 heteroatoms. The number of rotatable bonds is 3. The Morgan fingerprint density at radius 1 is 0.958 bits per heavy atom. The SMILES string of the molecule is NC1CCCN(c2ccccc2N2C=CS[C@H]2c2ccccc2)C1. The number of piperidine rings is 1. The first-order chi connectivity index (χ1) is 11.8. The fourth-order valence-corrected chi connectivity index (χ4v) is 4.54. The number of nitrogens with two attached hydrogens (primary N) is 1. The molecular formula is C20H23N3S. The molecule has 2 aliphatic rings. The van der Waals surface area contributed by atoms with E-state index >= 15 is 0 Å². The molecule has 2 heterocycles. The van der Waals surface area contributed by atoms with Crippen LogP contribution in [-0.4, -0.2) is 19.1 Å². The maximum atomic E-state index is 6.21. The van der Waals surface area contributed by atoms with Crippen LogP contribution in [0.3, 0.4) is 0 Å². The van der Waals surface area contributed by atoms with E-state index in [0.29, 0.717) is 5.37 Å². The highest BCUT2D eigenvalue weighted by molar-refractivity contribution is 8.02. The minimum Gasteiger partial charge on any atom is -0.368 e. The molecule has 1 unspecified atom stereocenters. The van der Waals surface area contributed by atoms with E-state index in [1.54, 1.807) is 0 Å². The Hall–Kier alpha value is -1.91. The number of hydrogen-bond acceptors (Lipinski definition) is 4. The molecule has 2 N–H and O–H groups in total. The third kappa shape index (κ3) is 3.04. The van der Waals surface area contributed by atoms with Crippen LogP contribution in [0.1, 0.15) is 23.8 Å². The Labute approximate surface area is 148 Å². The fourth-order valence-electron chi connectivity index (χ4n) is 3.56. The van der Waals surface area contributed by atoms with E-state index < -0.39 is 0 Å². The van der Waals surface area contributed by atoms with Crippen LogP contribution in [0.5, 0.6) is 0 Å². The lowest BCUT2D eigenvalue weighted by molar-refractivity contribution is 0.506. The molecule has 0 saturated carbocycles. The lowest BCUT2D eigenvalue weighted by atomic mass is 10.0. The number of para-hydroxylation sites is 2. The molecule has 2 atom stereocenters. The first-order valence-electron chi connectivity index (χ1n) is 8.58. The van der Waals surface area contributed by atoms with Crippen molar-refractivity contribution in [3.05, 3.63) is 71.8 Å². The highest BCUT2D eigenvalue weighted by atomic mass is 32.2. The summed E-state index contributed by atoms with van der Waals surface area (Å²) < 4.78 is 0. The molecule has 0 amide bonds. The summed E-state index contributed by atoms with van der Waals surface area (Å²) in [4.78, 5) is 4.83. The van der Waals surface area contributed by atoms with Gasteiger partial charge in [0.15, 0.2) is 0 Å². The molecule has 4 rings (SSSR count). The van der Waals surface area contributed by atoms with Gasteiger partial charge in [0.05, 0.1) is 11.4 Å². The third-order valence-electron chi connectivity index (χ3n) is 4.72. The predicted octanol–water partition coefficient (Wildman–Crippen LogP) is 4.34. The zero-order valence-corrected chi connectivity index (χ0v) is 14.5. The fraction of sp³-hybridized carbons (Fsp3) is 0.300. The van der Waals surface area contributed by atoms with Gasteiger partial charge < -0.3 is 15.5 Å². The van der Waals surface area contributed by atoms with Crippen LogP contribution in [0, 0.1) is 0 Å². The zero-order valence-electron chi connectivity index (χ0n) is 13.7. The molecule has 1 saturated heterocycles. The van der Waals surface area contributed by atoms with Crippen molar-refractivity contribution in [2.24, 2.45) is 5.73 Å². The maximum Gasteiger partial charge on any atom is 0.109 e. The molecule has 2 aromatic carbocycles. The van der Waals surface area contributed by atoms with Crippen LogP contribution in [0.4, 0.5) is 11.4 Å². The van der Waals surface area contributed by atoms with Crippen LogP contribution in [0.25, 0.3) is 0 Å². The van der Waals surface area contributed by atoms with Gasteiger partial charge in [-0.15, -0.1) is 11.8 Å². The number of anilines is 2. The van der Waals surface area contributed by atoms with Gasteiger partial charge in [0, 0.05) is 25.3 Å². The summed E-state index contributed by atoms with van der Waals surface area (Å²) >= 11 is 1.86. The van der Waals surface area contributed by atoms with Gasteiger partial charge >= 0.3 is 0 Å². The second kappa shape index (κ2) is 6.91. The van der Waals surface area contributed by atoms with Crippen LogP contribution in [0.2, 0.25) is 0 Å². The van der Waals surface area contributed by atoms with Gasteiger partial charge in [-0.2, -0.15) is 0 Å². The number of hydrogen-bond donors (Lipinski definition) is 1. The van der Waals surface area contributed by atoms with Crippen molar-refractivity contribution in [1.82, 2.24) is 0 Å². The van der Waals surface area contributed by atoms with Gasteiger partial charge in [-0.25, -0.2) is 0 Å². The van der Waals surface area contributed by atoms with Gasteiger partial charge in [0.2, 0.25) is 0 Å². The van der Waals surface area contributed by atoms with Crippen LogP contribution in [-0.2, 0) is 0 Å². The summed E-state index contributed by atoms with van der Waals surface area (Å²) in [7, 11) is 0. The van der Waals surface area contributed by atoms with Crippen molar-refractivity contribution in [2.45, 2.75) is 24.3 Å². The van der Waals surface area contributed by atoms with Gasteiger partial charge in [0.25, 0.3) is 0 Å². The minimum atomic E-state index is 0.278. The molecule has 0 aromatic heterocycles. The van der Waals surface area contributed by atoms with Crippen LogP contribution >= 0.6 is 11.8 Å². The zero-order chi connectivity index (χ0) is 16.4. The standard InChI is InChI=1S/C20H23N3S/c21-17-9-6-12-22(15-17)18-10-4-5-11-19(18)23-13-14-24-20(23)16-7-2-1-3-8-16/h1-5,7-8,10-11,13-14,17,20H,6,9,12,15,21H2/t17?,20-/m0/s1. The first kappa shape index (κ1) is 15.6. The molecule has 0 aliphatic carbocycles. The number of thioether (sulfide) groups is 1. The second-order valence-corrected chi connectivity index (χ2v) is 7.42. The van der Waals surface area contributed by atoms with Crippen LogP contribution < -0.4 is 15.5 Å². The molecular weight excluding hydrogens is 314 g/mol.